The summed E-state index contributed by atoms with van der Waals surface area (Å²) in [5.74, 6) is 1.26. The first kappa shape index (κ1) is 22.8. The second kappa shape index (κ2) is 10.5. The molecule has 0 fully saturated rings. The van der Waals surface area contributed by atoms with Gasteiger partial charge in [-0.15, -0.1) is 10.2 Å². The third kappa shape index (κ3) is 5.18. The maximum absolute atomic E-state index is 12.7. The monoisotopic (exact) mass is 479 g/mol. The number of aromatic nitrogens is 4. The summed E-state index contributed by atoms with van der Waals surface area (Å²) < 4.78 is 7.51. The lowest BCUT2D eigenvalue weighted by molar-refractivity contribution is -0.113. The van der Waals surface area contributed by atoms with Crippen LogP contribution in [0.15, 0.2) is 72.1 Å². The predicted octanol–water partition coefficient (Wildman–Crippen LogP) is 5.42. The number of carbonyl (C=O) groups excluding carboxylic acids is 1. The van der Waals surface area contributed by atoms with Crippen LogP contribution < -0.4 is 10.1 Å². The van der Waals surface area contributed by atoms with Crippen LogP contribution in [-0.4, -0.2) is 38.0 Å². The Balaban J connectivity index is 1.61. The first-order valence-corrected chi connectivity index (χ1v) is 11.7. The molecule has 0 aliphatic rings. The van der Waals surface area contributed by atoms with E-state index in [4.69, 9.17) is 16.3 Å². The van der Waals surface area contributed by atoms with Crippen molar-refractivity contribution in [1.82, 2.24) is 19.7 Å². The van der Waals surface area contributed by atoms with Crippen molar-refractivity contribution in [2.45, 2.75) is 19.0 Å². The predicted molar refractivity (Wildman–Crippen MR) is 131 cm³/mol. The van der Waals surface area contributed by atoms with Crippen molar-refractivity contribution in [2.75, 3.05) is 17.7 Å². The van der Waals surface area contributed by atoms with Crippen LogP contribution in [0, 0.1) is 6.92 Å². The molecule has 9 heteroatoms. The highest BCUT2D eigenvalue weighted by molar-refractivity contribution is 7.99. The van der Waals surface area contributed by atoms with Crippen molar-refractivity contribution < 1.29 is 9.53 Å². The molecule has 0 saturated heterocycles. The third-order valence-corrected chi connectivity index (χ3v) is 6.18. The zero-order valence-corrected chi connectivity index (χ0v) is 19.7. The summed E-state index contributed by atoms with van der Waals surface area (Å²) in [5.41, 5.74) is 3.24. The highest BCUT2D eigenvalue weighted by Crippen LogP contribution is 2.32. The number of hydrogen-bond donors (Lipinski definition) is 1. The number of benzene rings is 2. The van der Waals surface area contributed by atoms with Gasteiger partial charge in [-0.2, -0.15) is 0 Å². The summed E-state index contributed by atoms with van der Waals surface area (Å²) in [6.07, 6.45) is 3.41. The van der Waals surface area contributed by atoms with Gasteiger partial charge in [0.25, 0.3) is 0 Å². The van der Waals surface area contributed by atoms with E-state index in [-0.39, 0.29) is 11.7 Å². The van der Waals surface area contributed by atoms with Crippen LogP contribution in [0.3, 0.4) is 0 Å². The van der Waals surface area contributed by atoms with Gasteiger partial charge in [-0.1, -0.05) is 41.6 Å². The van der Waals surface area contributed by atoms with E-state index in [2.05, 4.69) is 20.5 Å². The summed E-state index contributed by atoms with van der Waals surface area (Å²) >= 11 is 7.69. The molecule has 0 spiro atoms. The van der Waals surface area contributed by atoms with Crippen LogP contribution in [-0.2, 0) is 4.79 Å². The van der Waals surface area contributed by atoms with Gasteiger partial charge in [-0.25, -0.2) is 0 Å². The second-order valence-corrected chi connectivity index (χ2v) is 8.38. The van der Waals surface area contributed by atoms with Gasteiger partial charge in [0.1, 0.15) is 5.75 Å². The number of hydrogen-bond acceptors (Lipinski definition) is 6. The summed E-state index contributed by atoms with van der Waals surface area (Å²) in [6, 6.07) is 16.8. The number of rotatable bonds is 8. The highest BCUT2D eigenvalue weighted by atomic mass is 35.5. The third-order valence-electron chi connectivity index (χ3n) is 4.85. The Morgan fingerprint density at radius 1 is 1.09 bits per heavy atom. The van der Waals surface area contributed by atoms with Crippen molar-refractivity contribution in [3.63, 3.8) is 0 Å². The number of nitrogens with one attached hydrogen (secondary N) is 1. The summed E-state index contributed by atoms with van der Waals surface area (Å²) in [7, 11) is 0. The van der Waals surface area contributed by atoms with Gasteiger partial charge in [-0.05, 0) is 55.8 Å². The molecule has 2 aromatic heterocycles. The minimum atomic E-state index is -0.171. The van der Waals surface area contributed by atoms with Crippen LogP contribution >= 0.6 is 23.4 Å². The van der Waals surface area contributed by atoms with E-state index >= 15 is 0 Å². The Kier molecular flexibility index (Phi) is 7.26. The van der Waals surface area contributed by atoms with Gasteiger partial charge >= 0.3 is 0 Å². The number of nitrogens with zero attached hydrogens (tertiary/aromatic N) is 4. The Morgan fingerprint density at radius 2 is 1.88 bits per heavy atom. The van der Waals surface area contributed by atoms with Crippen molar-refractivity contribution in [1.29, 1.82) is 0 Å². The molecule has 1 amide bonds. The zero-order valence-electron chi connectivity index (χ0n) is 18.2. The first-order chi connectivity index (χ1) is 16.1. The molecule has 0 bridgehead atoms. The fraction of sp³-hybridized carbons (Fsp3) is 0.167. The molecular weight excluding hydrogens is 458 g/mol. The van der Waals surface area contributed by atoms with Crippen LogP contribution in [0.5, 0.6) is 5.75 Å². The zero-order chi connectivity index (χ0) is 23.2. The Hall–Kier alpha value is -3.36. The van der Waals surface area contributed by atoms with E-state index < -0.39 is 0 Å². The molecular formula is C24H22ClN5O2S. The lowest BCUT2D eigenvalue weighted by Crippen LogP contribution is -2.15. The average molecular weight is 480 g/mol. The normalized spacial score (nSPS) is 10.8. The molecule has 4 aromatic rings. The van der Waals surface area contributed by atoms with Crippen LogP contribution in [0.2, 0.25) is 5.02 Å². The van der Waals surface area contributed by atoms with Crippen molar-refractivity contribution >= 4 is 35.0 Å². The standard InChI is InChI=1S/C24H22ClN5O2S/c1-3-32-21-10-5-4-8-19(21)27-22(31)15-33-24-29-28-23(17-11-13-26-14-12-17)30(24)20-9-6-7-18(25)16(20)2/h4-14H,3,15H2,1-2H3,(H,27,31). The summed E-state index contributed by atoms with van der Waals surface area (Å²) in [5, 5.41) is 12.9. The number of halogens is 1. The summed E-state index contributed by atoms with van der Waals surface area (Å²) in [4.78, 5) is 16.8. The SMILES string of the molecule is CCOc1ccccc1NC(=O)CSc1nnc(-c2ccncc2)n1-c1cccc(Cl)c1C. The molecule has 0 atom stereocenters. The van der Waals surface area contributed by atoms with E-state index in [9.17, 15) is 4.79 Å². The average Bonchev–Trinajstić information content (AvgIpc) is 3.25. The maximum atomic E-state index is 12.7. The Bertz CT molecular complexity index is 1260. The van der Waals surface area contributed by atoms with Gasteiger partial charge in [0.15, 0.2) is 11.0 Å². The Labute approximate surface area is 201 Å². The Morgan fingerprint density at radius 3 is 2.67 bits per heavy atom. The quantitative estimate of drug-likeness (QED) is 0.340. The topological polar surface area (TPSA) is 81.9 Å². The van der Waals surface area contributed by atoms with Crippen molar-refractivity contribution in [3.05, 3.63) is 77.6 Å². The van der Waals surface area contributed by atoms with Gasteiger partial charge in [-0.3, -0.25) is 14.3 Å². The molecule has 0 aliphatic heterocycles. The molecule has 0 radical (unpaired) electrons. The summed E-state index contributed by atoms with van der Waals surface area (Å²) in [6.45, 7) is 4.36. The molecule has 33 heavy (non-hydrogen) atoms. The molecule has 0 aliphatic carbocycles. The molecule has 7 nitrogen and oxygen atoms in total. The van der Waals surface area contributed by atoms with Gasteiger partial charge in [0, 0.05) is 23.0 Å². The number of anilines is 1. The van der Waals surface area contributed by atoms with Crippen molar-refractivity contribution in [2.24, 2.45) is 0 Å². The number of pyridine rings is 1. The molecule has 0 unspecified atom stereocenters. The minimum Gasteiger partial charge on any atom is -0.492 e. The second-order valence-electron chi connectivity index (χ2n) is 7.03. The van der Waals surface area contributed by atoms with Gasteiger partial charge < -0.3 is 10.1 Å². The van der Waals surface area contributed by atoms with E-state index in [1.807, 2.05) is 73.0 Å². The minimum absolute atomic E-state index is 0.147. The highest BCUT2D eigenvalue weighted by Gasteiger charge is 2.19. The lowest BCUT2D eigenvalue weighted by atomic mass is 10.2. The largest absolute Gasteiger partial charge is 0.492 e. The molecule has 4 rings (SSSR count). The maximum Gasteiger partial charge on any atom is 0.234 e. The number of amides is 1. The van der Waals surface area contributed by atoms with Crippen molar-refractivity contribution in [3.8, 4) is 22.8 Å². The van der Waals surface area contributed by atoms with Crippen LogP contribution in [0.25, 0.3) is 17.1 Å². The van der Waals surface area contributed by atoms with Gasteiger partial charge in [0.2, 0.25) is 5.91 Å². The first-order valence-electron chi connectivity index (χ1n) is 10.3. The van der Waals surface area contributed by atoms with E-state index in [1.165, 1.54) is 11.8 Å². The molecule has 168 valence electrons. The molecule has 2 heterocycles. The fourth-order valence-electron chi connectivity index (χ4n) is 3.27. The molecule has 1 N–H and O–H groups in total. The van der Waals surface area contributed by atoms with E-state index in [1.54, 1.807) is 12.4 Å². The molecule has 0 saturated carbocycles. The van der Waals surface area contributed by atoms with E-state index in [0.717, 1.165) is 16.8 Å². The fourth-order valence-corrected chi connectivity index (χ4v) is 4.19. The smallest absolute Gasteiger partial charge is 0.234 e. The van der Waals surface area contributed by atoms with Crippen LogP contribution in [0.1, 0.15) is 12.5 Å². The van der Waals surface area contributed by atoms with Gasteiger partial charge in [0.05, 0.1) is 23.7 Å². The lowest BCUT2D eigenvalue weighted by Gasteiger charge is -2.14. The van der Waals surface area contributed by atoms with E-state index in [0.29, 0.717) is 34.0 Å². The number of para-hydroxylation sites is 2. The number of ether oxygens (including phenoxy) is 1. The molecule has 2 aromatic carbocycles. The number of carbonyl (C=O) groups is 1. The van der Waals surface area contributed by atoms with Crippen LogP contribution in [0.4, 0.5) is 5.69 Å². The number of thioether (sulfide) groups is 1.